The lowest BCUT2D eigenvalue weighted by atomic mass is 10.2. The third-order valence-electron chi connectivity index (χ3n) is 3.40. The fraction of sp³-hybridized carbons (Fsp3) is 0.333. The van der Waals surface area contributed by atoms with Crippen molar-refractivity contribution in [3.05, 3.63) is 53.0 Å². The van der Waals surface area contributed by atoms with Gasteiger partial charge in [0.15, 0.2) is 0 Å². The van der Waals surface area contributed by atoms with Gasteiger partial charge in [-0.3, -0.25) is 0 Å². The molecule has 114 valence electrons. The summed E-state index contributed by atoms with van der Waals surface area (Å²) >= 11 is 0. The van der Waals surface area contributed by atoms with Crippen LogP contribution in [0.25, 0.3) is 0 Å². The van der Waals surface area contributed by atoms with Gasteiger partial charge < -0.3 is 9.52 Å². The van der Waals surface area contributed by atoms with Crippen LogP contribution in [-0.4, -0.2) is 24.9 Å². The standard InChI is InChI=1S/C15H19NO4S/c1-11-14(10-17)15(12(2)20-11)21(18,19)16(3)9-13-7-5-4-6-8-13/h4-8,17H,9-10H2,1-3H3. The number of rotatable bonds is 5. The highest BCUT2D eigenvalue weighted by Gasteiger charge is 2.30. The van der Waals surface area contributed by atoms with Gasteiger partial charge in [0.25, 0.3) is 0 Å². The van der Waals surface area contributed by atoms with Crippen molar-refractivity contribution in [1.29, 1.82) is 0 Å². The van der Waals surface area contributed by atoms with Crippen LogP contribution in [0.5, 0.6) is 0 Å². The van der Waals surface area contributed by atoms with Gasteiger partial charge in [0.1, 0.15) is 16.4 Å². The van der Waals surface area contributed by atoms with Crippen molar-refractivity contribution in [3.8, 4) is 0 Å². The van der Waals surface area contributed by atoms with Gasteiger partial charge in [-0.05, 0) is 19.4 Å². The van der Waals surface area contributed by atoms with E-state index in [1.54, 1.807) is 13.8 Å². The number of hydrogen-bond acceptors (Lipinski definition) is 4. The Kier molecular flexibility index (Phi) is 4.51. The van der Waals surface area contributed by atoms with E-state index in [0.717, 1.165) is 5.56 Å². The summed E-state index contributed by atoms with van der Waals surface area (Å²) in [5.74, 6) is 0.734. The zero-order valence-corrected chi connectivity index (χ0v) is 13.1. The molecule has 5 nitrogen and oxygen atoms in total. The van der Waals surface area contributed by atoms with Crippen molar-refractivity contribution in [2.24, 2.45) is 0 Å². The SMILES string of the molecule is Cc1oc(C)c(S(=O)(=O)N(C)Cc2ccccc2)c1CO. The molecule has 0 aliphatic carbocycles. The zero-order valence-electron chi connectivity index (χ0n) is 12.3. The van der Waals surface area contributed by atoms with E-state index in [0.29, 0.717) is 17.1 Å². The second kappa shape index (κ2) is 6.01. The summed E-state index contributed by atoms with van der Waals surface area (Å²) in [5.41, 5.74) is 1.22. The second-order valence-electron chi connectivity index (χ2n) is 4.93. The molecular formula is C15H19NO4S. The zero-order chi connectivity index (χ0) is 15.6. The van der Waals surface area contributed by atoms with E-state index >= 15 is 0 Å². The van der Waals surface area contributed by atoms with E-state index in [4.69, 9.17) is 4.42 Å². The van der Waals surface area contributed by atoms with Crippen LogP contribution in [0.15, 0.2) is 39.6 Å². The van der Waals surface area contributed by atoms with Gasteiger partial charge >= 0.3 is 0 Å². The minimum atomic E-state index is -3.71. The number of sulfonamides is 1. The quantitative estimate of drug-likeness (QED) is 0.919. The Hall–Kier alpha value is -1.63. The molecule has 0 radical (unpaired) electrons. The number of aliphatic hydroxyl groups is 1. The second-order valence-corrected chi connectivity index (χ2v) is 6.91. The maximum absolute atomic E-state index is 12.7. The molecule has 0 unspecified atom stereocenters. The van der Waals surface area contributed by atoms with Crippen LogP contribution in [0.2, 0.25) is 0 Å². The number of nitrogens with zero attached hydrogens (tertiary/aromatic N) is 1. The molecule has 0 bridgehead atoms. The fourth-order valence-electron chi connectivity index (χ4n) is 2.31. The summed E-state index contributed by atoms with van der Waals surface area (Å²) in [7, 11) is -2.19. The summed E-state index contributed by atoms with van der Waals surface area (Å²) < 4.78 is 32.0. The van der Waals surface area contributed by atoms with Crippen LogP contribution in [0.1, 0.15) is 22.6 Å². The Bertz CT molecular complexity index is 720. The Labute approximate surface area is 124 Å². The predicted octanol–water partition coefficient (Wildman–Crippen LogP) is 2.21. The third-order valence-corrected chi connectivity index (χ3v) is 5.40. The van der Waals surface area contributed by atoms with Crippen molar-refractivity contribution in [3.63, 3.8) is 0 Å². The lowest BCUT2D eigenvalue weighted by molar-refractivity contribution is 0.276. The molecule has 0 saturated heterocycles. The largest absolute Gasteiger partial charge is 0.465 e. The monoisotopic (exact) mass is 309 g/mol. The van der Waals surface area contributed by atoms with Crippen LogP contribution in [0.4, 0.5) is 0 Å². The van der Waals surface area contributed by atoms with E-state index in [1.165, 1.54) is 11.4 Å². The van der Waals surface area contributed by atoms with E-state index < -0.39 is 10.0 Å². The van der Waals surface area contributed by atoms with Gasteiger partial charge in [0, 0.05) is 19.2 Å². The first-order chi connectivity index (χ1) is 9.87. The van der Waals surface area contributed by atoms with Crippen LogP contribution in [-0.2, 0) is 23.2 Å². The molecule has 21 heavy (non-hydrogen) atoms. The molecule has 0 aliphatic rings. The number of aliphatic hydroxyl groups excluding tert-OH is 1. The minimum Gasteiger partial charge on any atom is -0.465 e. The minimum absolute atomic E-state index is 0.0703. The Morgan fingerprint density at radius 2 is 1.76 bits per heavy atom. The van der Waals surface area contributed by atoms with Crippen LogP contribution in [0.3, 0.4) is 0 Å². The van der Waals surface area contributed by atoms with E-state index in [1.807, 2.05) is 30.3 Å². The predicted molar refractivity (Wildman–Crippen MR) is 79.2 cm³/mol. The number of furan rings is 1. The van der Waals surface area contributed by atoms with E-state index in [9.17, 15) is 13.5 Å². The van der Waals surface area contributed by atoms with E-state index in [2.05, 4.69) is 0 Å². The van der Waals surface area contributed by atoms with Gasteiger partial charge in [0.2, 0.25) is 10.0 Å². The fourth-order valence-corrected chi connectivity index (χ4v) is 3.87. The van der Waals surface area contributed by atoms with Crippen molar-refractivity contribution in [2.45, 2.75) is 31.9 Å². The lowest BCUT2D eigenvalue weighted by Crippen LogP contribution is -2.27. The number of aryl methyl sites for hydroxylation is 2. The van der Waals surface area contributed by atoms with Crippen molar-refractivity contribution in [2.75, 3.05) is 7.05 Å². The number of hydrogen-bond donors (Lipinski definition) is 1. The molecule has 0 saturated carbocycles. The molecule has 0 atom stereocenters. The Balaban J connectivity index is 2.38. The van der Waals surface area contributed by atoms with Crippen LogP contribution in [0, 0.1) is 13.8 Å². The molecule has 6 heteroatoms. The average molecular weight is 309 g/mol. The first kappa shape index (κ1) is 15.8. The summed E-state index contributed by atoms with van der Waals surface area (Å²) in [6.45, 7) is 3.14. The first-order valence-corrected chi connectivity index (χ1v) is 8.02. The van der Waals surface area contributed by atoms with E-state index in [-0.39, 0.29) is 18.0 Å². The molecule has 1 aromatic heterocycles. The van der Waals surface area contributed by atoms with Gasteiger partial charge in [0.05, 0.1) is 6.61 Å². The Morgan fingerprint density at radius 3 is 2.33 bits per heavy atom. The highest BCUT2D eigenvalue weighted by Crippen LogP contribution is 2.29. The summed E-state index contributed by atoms with van der Waals surface area (Å²) in [6.07, 6.45) is 0. The van der Waals surface area contributed by atoms with Crippen molar-refractivity contribution < 1.29 is 17.9 Å². The van der Waals surface area contributed by atoms with Gasteiger partial charge in [-0.2, -0.15) is 4.31 Å². The summed E-state index contributed by atoms with van der Waals surface area (Å²) in [5, 5.41) is 9.40. The maximum Gasteiger partial charge on any atom is 0.246 e. The molecule has 0 amide bonds. The highest BCUT2D eigenvalue weighted by atomic mass is 32.2. The normalized spacial score (nSPS) is 12.0. The van der Waals surface area contributed by atoms with Gasteiger partial charge in [-0.1, -0.05) is 30.3 Å². The first-order valence-electron chi connectivity index (χ1n) is 6.58. The highest BCUT2D eigenvalue weighted by molar-refractivity contribution is 7.89. The molecule has 0 fully saturated rings. The number of benzene rings is 1. The lowest BCUT2D eigenvalue weighted by Gasteiger charge is -2.17. The van der Waals surface area contributed by atoms with Crippen molar-refractivity contribution >= 4 is 10.0 Å². The Morgan fingerprint density at radius 1 is 1.14 bits per heavy atom. The smallest absolute Gasteiger partial charge is 0.246 e. The molecule has 0 aliphatic heterocycles. The van der Waals surface area contributed by atoms with Gasteiger partial charge in [-0.15, -0.1) is 0 Å². The summed E-state index contributed by atoms with van der Waals surface area (Å²) in [6, 6.07) is 9.34. The summed E-state index contributed by atoms with van der Waals surface area (Å²) in [4.78, 5) is 0.0703. The third kappa shape index (κ3) is 3.02. The van der Waals surface area contributed by atoms with Crippen LogP contribution < -0.4 is 0 Å². The molecular weight excluding hydrogens is 290 g/mol. The molecule has 1 heterocycles. The van der Waals surface area contributed by atoms with Gasteiger partial charge in [-0.25, -0.2) is 8.42 Å². The molecule has 2 aromatic rings. The molecule has 1 aromatic carbocycles. The molecule has 2 rings (SSSR count). The average Bonchev–Trinajstić information content (AvgIpc) is 2.74. The molecule has 1 N–H and O–H groups in total. The topological polar surface area (TPSA) is 70.8 Å². The van der Waals surface area contributed by atoms with Crippen molar-refractivity contribution in [1.82, 2.24) is 4.31 Å². The molecule has 0 spiro atoms. The maximum atomic E-state index is 12.7. The van der Waals surface area contributed by atoms with Crippen LogP contribution >= 0.6 is 0 Å².